The summed E-state index contributed by atoms with van der Waals surface area (Å²) in [6.45, 7) is 1.88. The average molecular weight is 339 g/mol. The molecule has 0 spiro atoms. The number of carbonyl (C=O) groups excluding carboxylic acids is 2. The second-order valence-corrected chi connectivity index (χ2v) is 4.85. The number of aromatic nitrogens is 2. The minimum Gasteiger partial charge on any atom is -0.449 e. The van der Waals surface area contributed by atoms with Crippen LogP contribution < -0.4 is 10.9 Å². The van der Waals surface area contributed by atoms with Gasteiger partial charge in [0.1, 0.15) is 0 Å². The highest BCUT2D eigenvalue weighted by molar-refractivity contribution is 6.30. The Morgan fingerprint density at radius 1 is 1.26 bits per heavy atom. The van der Waals surface area contributed by atoms with Crippen LogP contribution in [-0.4, -0.2) is 28.7 Å². The summed E-state index contributed by atoms with van der Waals surface area (Å²) in [5.41, 5.74) is 5.09. The van der Waals surface area contributed by atoms with E-state index in [0.717, 1.165) is 5.56 Å². The van der Waals surface area contributed by atoms with Crippen LogP contribution in [0.3, 0.4) is 0 Å². The van der Waals surface area contributed by atoms with Crippen LogP contribution in [0.2, 0.25) is 5.02 Å². The van der Waals surface area contributed by atoms with E-state index in [4.69, 9.17) is 16.1 Å². The average Bonchev–Trinajstić information content (AvgIpc) is 3.01. The first-order chi connectivity index (χ1) is 11.1. The smallest absolute Gasteiger partial charge is 0.426 e. The van der Waals surface area contributed by atoms with Crippen molar-refractivity contribution >= 4 is 23.6 Å². The molecule has 2 N–H and O–H groups in total. The lowest BCUT2D eigenvalue weighted by Gasteiger charge is -2.05. The number of benzene rings is 1. The maximum Gasteiger partial charge on any atom is 0.426 e. The summed E-state index contributed by atoms with van der Waals surface area (Å²) in [4.78, 5) is 26.8. The van der Waals surface area contributed by atoms with Crippen LogP contribution in [-0.2, 0) is 16.0 Å². The third kappa shape index (κ3) is 5.26. The molecular formula is C14H15ClN4O4. The van der Waals surface area contributed by atoms with E-state index < -0.39 is 12.0 Å². The van der Waals surface area contributed by atoms with Gasteiger partial charge in [-0.25, -0.2) is 10.2 Å². The number of hydrogen-bond donors (Lipinski definition) is 2. The molecule has 0 unspecified atom stereocenters. The third-order valence-electron chi connectivity index (χ3n) is 2.72. The highest BCUT2D eigenvalue weighted by Gasteiger charge is 2.11. The second-order valence-electron chi connectivity index (χ2n) is 4.41. The van der Waals surface area contributed by atoms with Crippen LogP contribution in [0.1, 0.15) is 19.2 Å². The molecule has 0 atom stereocenters. The predicted molar refractivity (Wildman–Crippen MR) is 81.4 cm³/mol. The van der Waals surface area contributed by atoms with Gasteiger partial charge in [-0.05, 0) is 31.2 Å². The zero-order chi connectivity index (χ0) is 16.7. The zero-order valence-electron chi connectivity index (χ0n) is 12.3. The molecule has 2 rings (SSSR count). The highest BCUT2D eigenvalue weighted by atomic mass is 35.5. The largest absolute Gasteiger partial charge is 0.449 e. The Hall–Kier alpha value is -2.61. The van der Waals surface area contributed by atoms with Gasteiger partial charge >= 0.3 is 6.09 Å². The van der Waals surface area contributed by atoms with Crippen molar-refractivity contribution in [2.75, 3.05) is 6.61 Å². The van der Waals surface area contributed by atoms with E-state index >= 15 is 0 Å². The van der Waals surface area contributed by atoms with Crippen molar-refractivity contribution in [1.82, 2.24) is 21.0 Å². The Bertz CT molecular complexity index is 672. The molecule has 0 radical (unpaired) electrons. The Kier molecular flexibility index (Phi) is 5.93. The lowest BCUT2D eigenvalue weighted by atomic mass is 10.2. The van der Waals surface area contributed by atoms with Gasteiger partial charge in [0, 0.05) is 23.4 Å². The zero-order valence-corrected chi connectivity index (χ0v) is 13.1. The first-order valence-corrected chi connectivity index (χ1v) is 7.26. The molecule has 2 amide bonds. The minimum absolute atomic E-state index is 0.0780. The maximum atomic E-state index is 11.6. The fraction of sp³-hybridized carbons (Fsp3) is 0.286. The van der Waals surface area contributed by atoms with Gasteiger partial charge < -0.3 is 9.26 Å². The quantitative estimate of drug-likeness (QED) is 0.808. The number of ether oxygens (including phenoxy) is 1. The van der Waals surface area contributed by atoms with E-state index in [2.05, 4.69) is 25.7 Å². The lowest BCUT2D eigenvalue weighted by molar-refractivity contribution is -0.122. The molecule has 9 heteroatoms. The van der Waals surface area contributed by atoms with Gasteiger partial charge in [-0.3, -0.25) is 10.2 Å². The fourth-order valence-corrected chi connectivity index (χ4v) is 1.77. The summed E-state index contributed by atoms with van der Waals surface area (Å²) in [5, 5.41) is 4.46. The highest BCUT2D eigenvalue weighted by Crippen LogP contribution is 2.18. The van der Waals surface area contributed by atoms with Gasteiger partial charge in [-0.1, -0.05) is 16.8 Å². The van der Waals surface area contributed by atoms with E-state index in [9.17, 15) is 9.59 Å². The molecule has 8 nitrogen and oxygen atoms in total. The Morgan fingerprint density at radius 3 is 2.70 bits per heavy atom. The number of hydrazine groups is 1. The van der Waals surface area contributed by atoms with Gasteiger partial charge in [0.05, 0.1) is 6.61 Å². The predicted octanol–water partition coefficient (Wildman–Crippen LogP) is 2.10. The van der Waals surface area contributed by atoms with Crippen molar-refractivity contribution in [3.8, 4) is 11.4 Å². The second kappa shape index (κ2) is 8.14. The number of nitrogens with one attached hydrogen (secondary N) is 2. The van der Waals surface area contributed by atoms with E-state index in [-0.39, 0.29) is 19.4 Å². The summed E-state index contributed by atoms with van der Waals surface area (Å²) in [5.74, 6) is 0.340. The van der Waals surface area contributed by atoms with Crippen molar-refractivity contribution in [2.24, 2.45) is 0 Å². The summed E-state index contributed by atoms with van der Waals surface area (Å²) in [6, 6.07) is 6.99. The monoisotopic (exact) mass is 338 g/mol. The molecule has 1 aromatic heterocycles. The van der Waals surface area contributed by atoms with Gasteiger partial charge in [-0.15, -0.1) is 0 Å². The maximum absolute atomic E-state index is 11.6. The van der Waals surface area contributed by atoms with Crippen LogP contribution in [0.5, 0.6) is 0 Å². The SMILES string of the molecule is CCOC(=O)NNC(=O)CCc1nc(-c2ccc(Cl)cc2)no1. The molecule has 1 aromatic carbocycles. The molecule has 0 aliphatic heterocycles. The third-order valence-corrected chi connectivity index (χ3v) is 2.97. The van der Waals surface area contributed by atoms with Gasteiger partial charge in [0.2, 0.25) is 17.6 Å². The van der Waals surface area contributed by atoms with Crippen molar-refractivity contribution in [1.29, 1.82) is 0 Å². The Balaban J connectivity index is 1.81. The molecule has 0 fully saturated rings. The number of aryl methyl sites for hydroxylation is 1. The van der Waals surface area contributed by atoms with Crippen LogP contribution in [0.15, 0.2) is 28.8 Å². The first-order valence-electron chi connectivity index (χ1n) is 6.88. The minimum atomic E-state index is -0.719. The topological polar surface area (TPSA) is 106 Å². The van der Waals surface area contributed by atoms with Crippen LogP contribution in [0.4, 0.5) is 4.79 Å². The first kappa shape index (κ1) is 16.8. The molecule has 122 valence electrons. The summed E-state index contributed by atoms with van der Waals surface area (Å²) >= 11 is 5.81. The van der Waals surface area contributed by atoms with Crippen molar-refractivity contribution in [2.45, 2.75) is 19.8 Å². The van der Waals surface area contributed by atoms with Crippen molar-refractivity contribution in [3.05, 3.63) is 35.2 Å². The van der Waals surface area contributed by atoms with Crippen LogP contribution >= 0.6 is 11.6 Å². The number of rotatable bonds is 5. The summed E-state index contributed by atoms with van der Waals surface area (Å²) in [6.07, 6.45) is -0.394. The van der Waals surface area contributed by atoms with Crippen molar-refractivity contribution < 1.29 is 18.8 Å². The summed E-state index contributed by atoms with van der Waals surface area (Å²) in [7, 11) is 0. The summed E-state index contributed by atoms with van der Waals surface area (Å²) < 4.78 is 9.68. The van der Waals surface area contributed by atoms with E-state index in [1.54, 1.807) is 31.2 Å². The molecule has 0 bridgehead atoms. The molecule has 1 heterocycles. The molecule has 0 aliphatic carbocycles. The number of halogens is 1. The van der Waals surface area contributed by atoms with Crippen LogP contribution in [0, 0.1) is 0 Å². The molecule has 0 saturated heterocycles. The lowest BCUT2D eigenvalue weighted by Crippen LogP contribution is -2.42. The Morgan fingerprint density at radius 2 is 2.00 bits per heavy atom. The molecule has 2 aromatic rings. The number of carbonyl (C=O) groups is 2. The van der Waals surface area contributed by atoms with E-state index in [0.29, 0.717) is 16.7 Å². The molecule has 0 aliphatic rings. The molecule has 23 heavy (non-hydrogen) atoms. The normalized spacial score (nSPS) is 10.2. The molecule has 0 saturated carbocycles. The van der Waals surface area contributed by atoms with Gasteiger partial charge in [-0.2, -0.15) is 4.98 Å². The Labute approximate surface area is 137 Å². The van der Waals surface area contributed by atoms with Crippen LogP contribution in [0.25, 0.3) is 11.4 Å². The standard InChI is InChI=1S/C14H15ClN4O4/c1-2-22-14(21)18-17-11(20)7-8-12-16-13(19-23-12)9-3-5-10(15)6-4-9/h3-6H,2,7-8H2,1H3,(H,17,20)(H,18,21). The molecular weight excluding hydrogens is 324 g/mol. The van der Waals surface area contributed by atoms with E-state index in [1.165, 1.54) is 0 Å². The van der Waals surface area contributed by atoms with E-state index in [1.807, 2.05) is 0 Å². The number of amides is 2. The van der Waals surface area contributed by atoms with Gasteiger partial charge in [0.15, 0.2) is 0 Å². The number of nitrogens with zero attached hydrogens (tertiary/aromatic N) is 2. The van der Waals surface area contributed by atoms with Gasteiger partial charge in [0.25, 0.3) is 0 Å². The number of hydrogen-bond acceptors (Lipinski definition) is 6. The van der Waals surface area contributed by atoms with Crippen molar-refractivity contribution in [3.63, 3.8) is 0 Å². The fourth-order valence-electron chi connectivity index (χ4n) is 1.64.